The number of anilines is 3. The fourth-order valence-electron chi connectivity index (χ4n) is 4.22. The Morgan fingerprint density at radius 2 is 1.73 bits per heavy atom. The lowest BCUT2D eigenvalue weighted by Crippen LogP contribution is -2.55. The Morgan fingerprint density at radius 3 is 2.36 bits per heavy atom. The zero-order valence-corrected chi connectivity index (χ0v) is 18.1. The molecule has 4 rings (SSSR count). The molecule has 0 aliphatic carbocycles. The van der Waals surface area contributed by atoms with E-state index < -0.39 is 30.5 Å². The second-order valence-electron chi connectivity index (χ2n) is 8.05. The van der Waals surface area contributed by atoms with Gasteiger partial charge >= 0.3 is 6.18 Å². The molecule has 2 aromatic carbocycles. The number of alkyl halides is 3. The summed E-state index contributed by atoms with van der Waals surface area (Å²) in [5.74, 6) is -0.694. The van der Waals surface area contributed by atoms with Gasteiger partial charge in [-0.15, -0.1) is 0 Å². The molecule has 2 aliphatic rings. The van der Waals surface area contributed by atoms with Gasteiger partial charge < -0.3 is 15.0 Å². The number of amides is 2. The van der Waals surface area contributed by atoms with Crippen molar-refractivity contribution in [2.45, 2.75) is 18.6 Å². The molecule has 2 aliphatic heterocycles. The lowest BCUT2D eigenvalue weighted by Gasteiger charge is -2.38. The van der Waals surface area contributed by atoms with Gasteiger partial charge in [-0.1, -0.05) is 12.1 Å². The number of fused-ring (bicyclic) bond motifs is 1. The zero-order chi connectivity index (χ0) is 23.6. The van der Waals surface area contributed by atoms with E-state index in [0.717, 1.165) is 16.3 Å². The first-order valence-corrected chi connectivity index (χ1v) is 10.7. The monoisotopic (exact) mass is 462 g/mol. The van der Waals surface area contributed by atoms with Crippen LogP contribution in [0.4, 0.5) is 30.2 Å². The number of carbonyl (C=O) groups excluding carboxylic acids is 2. The molecule has 0 aromatic heterocycles. The molecular weight excluding hydrogens is 437 g/mol. The summed E-state index contributed by atoms with van der Waals surface area (Å²) in [4.78, 5) is 30.0. The first-order chi connectivity index (χ1) is 15.8. The number of nitrogens with zero attached hydrogens (tertiary/aromatic N) is 3. The first-order valence-electron chi connectivity index (χ1n) is 10.7. The molecule has 2 heterocycles. The van der Waals surface area contributed by atoms with Gasteiger partial charge in [0.25, 0.3) is 0 Å². The van der Waals surface area contributed by atoms with Crippen molar-refractivity contribution in [3.8, 4) is 5.75 Å². The fraction of sp³-hybridized carbons (Fsp3) is 0.391. The molecule has 0 saturated carbocycles. The number of rotatable bonds is 4. The Hall–Kier alpha value is -3.27. The highest BCUT2D eigenvalue weighted by Crippen LogP contribution is 2.37. The predicted molar refractivity (Wildman–Crippen MR) is 119 cm³/mol. The summed E-state index contributed by atoms with van der Waals surface area (Å²) < 4.78 is 46.8. The minimum Gasteiger partial charge on any atom is -0.497 e. The summed E-state index contributed by atoms with van der Waals surface area (Å²) in [5.41, 5.74) is 1.28. The number of hydrogen-bond acceptors (Lipinski definition) is 5. The molecule has 1 N–H and O–H groups in total. The first kappa shape index (κ1) is 22.9. The van der Waals surface area contributed by atoms with Crippen molar-refractivity contribution < 1.29 is 27.5 Å². The van der Waals surface area contributed by atoms with E-state index in [-0.39, 0.29) is 17.9 Å². The Morgan fingerprint density at radius 1 is 1.06 bits per heavy atom. The standard InChI is InChI=1S/C23H25F3N4O3/c1-33-17-8-6-16(7-9-17)29-12-10-28(11-13-29)15-22(32)30-19-5-3-2-4-18(19)27-21(31)14-20(30)23(24,25)26/h2-9,20H,10-15H2,1H3,(H,27,31). The molecule has 1 fully saturated rings. The number of nitrogens with one attached hydrogen (secondary N) is 1. The average molecular weight is 462 g/mol. The van der Waals surface area contributed by atoms with Crippen LogP contribution in [-0.2, 0) is 9.59 Å². The fourth-order valence-corrected chi connectivity index (χ4v) is 4.22. The minimum absolute atomic E-state index is 0.0625. The van der Waals surface area contributed by atoms with Crippen LogP contribution in [0, 0.1) is 0 Å². The number of carbonyl (C=O) groups is 2. The van der Waals surface area contributed by atoms with Gasteiger partial charge in [0.05, 0.1) is 31.5 Å². The summed E-state index contributed by atoms with van der Waals surface area (Å²) in [7, 11) is 1.60. The van der Waals surface area contributed by atoms with E-state index >= 15 is 0 Å². The normalized spacial score (nSPS) is 19.5. The molecule has 0 spiro atoms. The van der Waals surface area contributed by atoms with Crippen molar-refractivity contribution in [1.82, 2.24) is 4.90 Å². The van der Waals surface area contributed by atoms with Crippen molar-refractivity contribution in [1.29, 1.82) is 0 Å². The topological polar surface area (TPSA) is 65.1 Å². The van der Waals surface area contributed by atoms with Crippen LogP contribution in [0.2, 0.25) is 0 Å². The van der Waals surface area contributed by atoms with Gasteiger partial charge in [0, 0.05) is 31.9 Å². The molecule has 7 nitrogen and oxygen atoms in total. The second kappa shape index (κ2) is 9.30. The van der Waals surface area contributed by atoms with Crippen LogP contribution in [0.15, 0.2) is 48.5 Å². The summed E-state index contributed by atoms with van der Waals surface area (Å²) in [5, 5.41) is 2.48. The number of piperazine rings is 1. The third-order valence-electron chi connectivity index (χ3n) is 5.94. The Labute approximate surface area is 189 Å². The molecule has 1 unspecified atom stereocenters. The van der Waals surface area contributed by atoms with Gasteiger partial charge in [-0.05, 0) is 36.4 Å². The van der Waals surface area contributed by atoms with Gasteiger partial charge in [0.15, 0.2) is 0 Å². The van der Waals surface area contributed by atoms with Gasteiger partial charge in [-0.2, -0.15) is 13.2 Å². The zero-order valence-electron chi connectivity index (χ0n) is 18.1. The summed E-state index contributed by atoms with van der Waals surface area (Å²) in [6.07, 6.45) is -5.58. The molecule has 1 saturated heterocycles. The van der Waals surface area contributed by atoms with Crippen LogP contribution in [-0.4, -0.2) is 68.8 Å². The largest absolute Gasteiger partial charge is 0.497 e. The quantitative estimate of drug-likeness (QED) is 0.757. The van der Waals surface area contributed by atoms with Crippen molar-refractivity contribution in [3.05, 3.63) is 48.5 Å². The summed E-state index contributed by atoms with van der Waals surface area (Å²) in [6, 6.07) is 11.5. The lowest BCUT2D eigenvalue weighted by molar-refractivity contribution is -0.158. The van der Waals surface area contributed by atoms with Crippen LogP contribution in [0.5, 0.6) is 5.75 Å². The van der Waals surface area contributed by atoms with E-state index in [1.807, 2.05) is 29.2 Å². The number of para-hydroxylation sites is 2. The van der Waals surface area contributed by atoms with E-state index in [9.17, 15) is 22.8 Å². The average Bonchev–Trinajstić information content (AvgIpc) is 2.95. The molecule has 0 bridgehead atoms. The van der Waals surface area contributed by atoms with Gasteiger partial charge in [0.2, 0.25) is 11.8 Å². The maximum atomic E-state index is 13.9. The third-order valence-corrected chi connectivity index (χ3v) is 5.94. The Balaban J connectivity index is 1.48. The Kier molecular flexibility index (Phi) is 6.46. The van der Waals surface area contributed by atoms with E-state index in [4.69, 9.17) is 4.74 Å². The number of halogens is 3. The van der Waals surface area contributed by atoms with Crippen molar-refractivity contribution in [3.63, 3.8) is 0 Å². The number of benzene rings is 2. The van der Waals surface area contributed by atoms with Gasteiger partial charge in [-0.25, -0.2) is 0 Å². The molecule has 2 amide bonds. The number of ether oxygens (including phenoxy) is 1. The summed E-state index contributed by atoms with van der Waals surface area (Å²) in [6.45, 7) is 2.17. The molecular formula is C23H25F3N4O3. The van der Waals surface area contributed by atoms with E-state index in [2.05, 4.69) is 10.2 Å². The number of hydrogen-bond donors (Lipinski definition) is 1. The highest BCUT2D eigenvalue weighted by atomic mass is 19.4. The van der Waals surface area contributed by atoms with Crippen molar-refractivity contribution in [2.75, 3.05) is 55.0 Å². The van der Waals surface area contributed by atoms with Crippen molar-refractivity contribution in [2.24, 2.45) is 0 Å². The van der Waals surface area contributed by atoms with Crippen LogP contribution >= 0.6 is 0 Å². The molecule has 1 atom stereocenters. The van der Waals surface area contributed by atoms with Crippen molar-refractivity contribution >= 4 is 28.9 Å². The van der Waals surface area contributed by atoms with Crippen LogP contribution in [0.1, 0.15) is 6.42 Å². The Bertz CT molecular complexity index is 1000. The SMILES string of the molecule is COc1ccc(N2CCN(CC(=O)N3c4ccccc4NC(=O)CC3C(F)(F)F)CC2)cc1. The van der Waals surface area contributed by atoms with Gasteiger partial charge in [-0.3, -0.25) is 19.4 Å². The molecule has 0 radical (unpaired) electrons. The van der Waals surface area contributed by atoms with E-state index in [0.29, 0.717) is 26.2 Å². The van der Waals surface area contributed by atoms with Crippen LogP contribution in [0.25, 0.3) is 0 Å². The maximum Gasteiger partial charge on any atom is 0.409 e. The minimum atomic E-state index is -4.74. The highest BCUT2D eigenvalue weighted by Gasteiger charge is 2.49. The van der Waals surface area contributed by atoms with E-state index in [1.165, 1.54) is 12.1 Å². The van der Waals surface area contributed by atoms with Gasteiger partial charge in [0.1, 0.15) is 11.8 Å². The second-order valence-corrected chi connectivity index (χ2v) is 8.05. The van der Waals surface area contributed by atoms with E-state index in [1.54, 1.807) is 19.2 Å². The van der Waals surface area contributed by atoms with Crippen LogP contribution in [0.3, 0.4) is 0 Å². The highest BCUT2D eigenvalue weighted by molar-refractivity contribution is 6.05. The maximum absolute atomic E-state index is 13.9. The molecule has 176 valence electrons. The lowest BCUT2D eigenvalue weighted by atomic mass is 10.1. The third kappa shape index (κ3) is 5.05. The van der Waals surface area contributed by atoms with Crippen LogP contribution < -0.4 is 19.9 Å². The molecule has 33 heavy (non-hydrogen) atoms. The summed E-state index contributed by atoms with van der Waals surface area (Å²) >= 11 is 0. The predicted octanol–water partition coefficient (Wildman–Crippen LogP) is 3.12. The smallest absolute Gasteiger partial charge is 0.409 e. The molecule has 10 heteroatoms. The number of methoxy groups -OCH3 is 1. The molecule has 2 aromatic rings.